The van der Waals surface area contributed by atoms with Gasteiger partial charge in [-0.1, -0.05) is 38.5 Å². The van der Waals surface area contributed by atoms with Gasteiger partial charge < -0.3 is 9.67 Å². The molecule has 0 saturated heterocycles. The molecule has 2 fully saturated rings. The van der Waals surface area contributed by atoms with Gasteiger partial charge in [-0.3, -0.25) is 14.5 Å². The Balaban J connectivity index is 0.00000256. The smallest absolute Gasteiger partial charge is 0.858 e. The van der Waals surface area contributed by atoms with E-state index in [9.17, 15) is 14.7 Å². The van der Waals surface area contributed by atoms with E-state index >= 15 is 0 Å². The van der Waals surface area contributed by atoms with Gasteiger partial charge >= 0.3 is 22.2 Å². The van der Waals surface area contributed by atoms with Crippen LogP contribution in [0.15, 0.2) is 25.9 Å². The molecule has 0 spiro atoms. The van der Waals surface area contributed by atoms with Crippen LogP contribution in [-0.4, -0.2) is 19.3 Å². The Morgan fingerprint density at radius 1 is 0.967 bits per heavy atom. The Bertz CT molecular complexity index is 1010. The molecule has 0 atom stereocenters. The van der Waals surface area contributed by atoms with Gasteiger partial charge in [-0.25, -0.2) is 4.79 Å². The zero-order chi connectivity index (χ0) is 20.4. The van der Waals surface area contributed by atoms with Crippen LogP contribution in [0.3, 0.4) is 0 Å². The first-order valence-corrected chi connectivity index (χ1v) is 10.6. The Kier molecular flexibility index (Phi) is 7.29. The van der Waals surface area contributed by atoms with Gasteiger partial charge in [0.05, 0.1) is 0 Å². The van der Waals surface area contributed by atoms with Gasteiger partial charge in [-0.15, -0.1) is 10.2 Å². The predicted octanol–water partition coefficient (Wildman–Crippen LogP) is 3.54. The predicted molar refractivity (Wildman–Crippen MR) is 106 cm³/mol. The second kappa shape index (κ2) is 9.73. The van der Waals surface area contributed by atoms with Crippen LogP contribution in [0, 0.1) is 6.92 Å². The monoisotopic (exact) mass is 457 g/mol. The minimum absolute atomic E-state index is 0. The number of aromatic nitrogens is 4. The molecule has 2 aromatic rings. The summed E-state index contributed by atoms with van der Waals surface area (Å²) < 4.78 is 2.55. The van der Waals surface area contributed by atoms with Crippen LogP contribution in [0.1, 0.15) is 82.0 Å². The summed E-state index contributed by atoms with van der Waals surface area (Å²) in [6.07, 6.45) is 9.19. The zero-order valence-corrected chi connectivity index (χ0v) is 18.1. The molecule has 0 amide bonds. The molecule has 0 radical (unpaired) electrons. The van der Waals surface area contributed by atoms with Gasteiger partial charge in [0, 0.05) is 29.7 Å². The third kappa shape index (κ3) is 4.43. The van der Waals surface area contributed by atoms with Gasteiger partial charge in [-0.05, 0) is 32.6 Å². The standard InChI is InChI=1S/C20H28N6O3.Ni/c1-13-12-16(22-21-13)23-24-17-18(27)25(14-8-4-2-5-9-14)20(29)26(19(17)28)15-10-6-3-7-11-15;/h12,14-15,27H,2-11H2,1H3,(H,21,22);/q;+2/p-1. The number of nitrogens with one attached hydrogen (secondary N) is 1. The van der Waals surface area contributed by atoms with Gasteiger partial charge in [0.15, 0.2) is 11.5 Å². The summed E-state index contributed by atoms with van der Waals surface area (Å²) in [5, 5.41) is 27.8. The summed E-state index contributed by atoms with van der Waals surface area (Å²) in [5.41, 5.74) is -0.599. The molecular formula is C20H27N6NiO3+. The van der Waals surface area contributed by atoms with Crippen molar-refractivity contribution in [2.75, 3.05) is 0 Å². The Morgan fingerprint density at radius 3 is 2.07 bits per heavy atom. The maximum Gasteiger partial charge on any atom is 2.00 e. The van der Waals surface area contributed by atoms with Crippen LogP contribution in [-0.2, 0) is 16.5 Å². The maximum absolute atomic E-state index is 13.3. The summed E-state index contributed by atoms with van der Waals surface area (Å²) in [5.74, 6) is -0.337. The molecule has 0 aliphatic heterocycles. The summed E-state index contributed by atoms with van der Waals surface area (Å²) in [6, 6.07) is 1.31. The second-order valence-corrected chi connectivity index (χ2v) is 8.17. The number of hydrogen-bond acceptors (Lipinski definition) is 6. The van der Waals surface area contributed by atoms with Crippen LogP contribution in [0.2, 0.25) is 0 Å². The first-order valence-electron chi connectivity index (χ1n) is 10.6. The minimum atomic E-state index is -0.630. The van der Waals surface area contributed by atoms with E-state index in [1.165, 1.54) is 9.13 Å². The SMILES string of the molecule is Cc1cc(N=Nc2c([O-])n(C3CCCCC3)c(=O)n(C3CCCCC3)c2=O)n[nH]1.[Ni+2]. The molecule has 2 heterocycles. The summed E-state index contributed by atoms with van der Waals surface area (Å²) in [6.45, 7) is 1.82. The number of azo groups is 1. The average Bonchev–Trinajstić information content (AvgIpc) is 3.14. The summed E-state index contributed by atoms with van der Waals surface area (Å²) >= 11 is 0. The number of rotatable bonds is 4. The quantitative estimate of drug-likeness (QED) is 0.557. The fourth-order valence-electron chi connectivity index (χ4n) is 4.57. The van der Waals surface area contributed by atoms with Crippen molar-refractivity contribution in [3.05, 3.63) is 32.6 Å². The molecule has 0 aromatic carbocycles. The molecule has 2 saturated carbocycles. The van der Waals surface area contributed by atoms with Crippen molar-refractivity contribution < 1.29 is 21.6 Å². The zero-order valence-electron chi connectivity index (χ0n) is 17.1. The van der Waals surface area contributed by atoms with E-state index in [1.54, 1.807) is 6.07 Å². The van der Waals surface area contributed by atoms with Crippen molar-refractivity contribution in [3.63, 3.8) is 0 Å². The molecule has 9 nitrogen and oxygen atoms in total. The largest absolute Gasteiger partial charge is 2.00 e. The number of hydrogen-bond donors (Lipinski definition) is 1. The number of aromatic amines is 1. The third-order valence-electron chi connectivity index (χ3n) is 6.08. The van der Waals surface area contributed by atoms with Gasteiger partial charge in [0.2, 0.25) is 0 Å². The van der Waals surface area contributed by atoms with Crippen molar-refractivity contribution >= 4 is 11.5 Å². The summed E-state index contributed by atoms with van der Waals surface area (Å²) in [4.78, 5) is 26.4. The van der Waals surface area contributed by atoms with Crippen LogP contribution in [0.5, 0.6) is 5.88 Å². The summed E-state index contributed by atoms with van der Waals surface area (Å²) in [7, 11) is 0. The van der Waals surface area contributed by atoms with E-state index < -0.39 is 17.1 Å². The van der Waals surface area contributed by atoms with E-state index in [4.69, 9.17) is 0 Å². The molecule has 1 N–H and O–H groups in total. The number of H-pyrrole nitrogens is 1. The van der Waals surface area contributed by atoms with Gasteiger partial charge in [0.1, 0.15) is 0 Å². The maximum atomic E-state index is 13.3. The molecule has 0 unspecified atom stereocenters. The van der Waals surface area contributed by atoms with E-state index in [2.05, 4.69) is 20.4 Å². The van der Waals surface area contributed by atoms with Crippen LogP contribution in [0.4, 0.5) is 11.5 Å². The van der Waals surface area contributed by atoms with Gasteiger partial charge in [-0.2, -0.15) is 5.10 Å². The Hall–Kier alpha value is -2.22. The molecule has 2 aliphatic rings. The first kappa shape index (κ1) is 22.5. The fraction of sp³-hybridized carbons (Fsp3) is 0.650. The molecule has 2 aliphatic carbocycles. The number of aryl methyl sites for hydroxylation is 1. The molecule has 164 valence electrons. The molecule has 30 heavy (non-hydrogen) atoms. The molecule has 2 aromatic heterocycles. The van der Waals surface area contributed by atoms with E-state index in [0.717, 1.165) is 69.9 Å². The fourth-order valence-corrected chi connectivity index (χ4v) is 4.57. The van der Waals surface area contributed by atoms with Crippen molar-refractivity contribution in [2.24, 2.45) is 10.2 Å². The minimum Gasteiger partial charge on any atom is -0.858 e. The van der Waals surface area contributed by atoms with Crippen LogP contribution in [0.25, 0.3) is 0 Å². The van der Waals surface area contributed by atoms with Crippen molar-refractivity contribution in [1.82, 2.24) is 19.3 Å². The molecule has 10 heteroatoms. The number of nitrogens with zero attached hydrogens (tertiary/aromatic N) is 5. The van der Waals surface area contributed by atoms with Crippen molar-refractivity contribution in [1.29, 1.82) is 0 Å². The third-order valence-corrected chi connectivity index (χ3v) is 6.08. The topological polar surface area (TPSA) is 120 Å². The molecule has 4 rings (SSSR count). The normalized spacial score (nSPS) is 18.6. The second-order valence-electron chi connectivity index (χ2n) is 8.17. The average molecular weight is 458 g/mol. The molecular weight excluding hydrogens is 431 g/mol. The van der Waals surface area contributed by atoms with E-state index in [1.807, 2.05) is 6.92 Å². The van der Waals surface area contributed by atoms with Crippen LogP contribution < -0.4 is 16.4 Å². The van der Waals surface area contributed by atoms with Crippen molar-refractivity contribution in [2.45, 2.75) is 83.2 Å². The van der Waals surface area contributed by atoms with Crippen molar-refractivity contribution in [3.8, 4) is 5.88 Å². The van der Waals surface area contributed by atoms with E-state index in [-0.39, 0.29) is 34.3 Å². The first-order chi connectivity index (χ1) is 14.1. The van der Waals surface area contributed by atoms with Crippen LogP contribution >= 0.6 is 0 Å². The Morgan fingerprint density at radius 2 is 1.53 bits per heavy atom. The molecule has 0 bridgehead atoms. The Labute approximate surface area is 184 Å². The van der Waals surface area contributed by atoms with E-state index in [0.29, 0.717) is 5.82 Å². The van der Waals surface area contributed by atoms with Gasteiger partial charge in [0.25, 0.3) is 5.56 Å².